The van der Waals surface area contributed by atoms with Crippen molar-refractivity contribution in [2.45, 2.75) is 13.0 Å². The van der Waals surface area contributed by atoms with Gasteiger partial charge in [-0.2, -0.15) is 4.39 Å². The van der Waals surface area contributed by atoms with Crippen LogP contribution in [0.4, 0.5) is 10.1 Å². The minimum Gasteiger partial charge on any atom is -0.375 e. The Morgan fingerprint density at radius 2 is 2.05 bits per heavy atom. The second-order valence-electron chi connectivity index (χ2n) is 4.26. The summed E-state index contributed by atoms with van der Waals surface area (Å²) in [5.74, 6) is -0.474. The summed E-state index contributed by atoms with van der Waals surface area (Å²) in [6, 6.07) is 11.1. The molecule has 2 aromatic heterocycles. The first-order valence-corrected chi connectivity index (χ1v) is 6.77. The van der Waals surface area contributed by atoms with E-state index in [1.54, 1.807) is 17.4 Å². The van der Waals surface area contributed by atoms with E-state index in [0.717, 1.165) is 16.2 Å². The molecule has 3 aromatic rings. The lowest BCUT2D eigenvalue weighted by Gasteiger charge is -2.11. The molecule has 0 saturated heterocycles. The number of hydrogen-bond donors (Lipinski definition) is 1. The first-order chi connectivity index (χ1) is 9.22. The average molecular weight is 273 g/mol. The van der Waals surface area contributed by atoms with Crippen LogP contribution in [0.2, 0.25) is 0 Å². The molecule has 0 aliphatic rings. The largest absolute Gasteiger partial charge is 0.375 e. The second-order valence-corrected chi connectivity index (χ2v) is 5.32. The topological polar surface area (TPSA) is 37.8 Å². The van der Waals surface area contributed by atoms with Gasteiger partial charge in [0, 0.05) is 0 Å². The van der Waals surface area contributed by atoms with Crippen LogP contribution in [-0.2, 0) is 0 Å². The Morgan fingerprint density at radius 1 is 1.21 bits per heavy atom. The number of para-hydroxylation sites is 1. The molecule has 96 valence electrons. The third-order valence-electron chi connectivity index (χ3n) is 2.79. The number of benzene rings is 1. The molecule has 1 aromatic carbocycles. The van der Waals surface area contributed by atoms with Gasteiger partial charge in [-0.25, -0.2) is 9.97 Å². The average Bonchev–Trinajstić information content (AvgIpc) is 2.85. The van der Waals surface area contributed by atoms with Crippen LogP contribution in [0.1, 0.15) is 18.0 Å². The zero-order valence-corrected chi connectivity index (χ0v) is 11.1. The molecular formula is C14H12FN3S. The van der Waals surface area contributed by atoms with Gasteiger partial charge in [0.1, 0.15) is 5.01 Å². The Labute approximate surface area is 114 Å². The molecule has 0 bridgehead atoms. The summed E-state index contributed by atoms with van der Waals surface area (Å²) < 4.78 is 13.9. The van der Waals surface area contributed by atoms with Crippen molar-refractivity contribution in [3.05, 3.63) is 53.6 Å². The smallest absolute Gasteiger partial charge is 0.212 e. The summed E-state index contributed by atoms with van der Waals surface area (Å²) in [4.78, 5) is 8.21. The van der Waals surface area contributed by atoms with Crippen LogP contribution >= 0.6 is 11.3 Å². The van der Waals surface area contributed by atoms with Crippen LogP contribution in [0.15, 0.2) is 42.6 Å². The van der Waals surface area contributed by atoms with Crippen molar-refractivity contribution in [3.8, 4) is 0 Å². The maximum Gasteiger partial charge on any atom is 0.212 e. The summed E-state index contributed by atoms with van der Waals surface area (Å²) in [5.41, 5.74) is 1.79. The number of aromatic nitrogens is 2. The van der Waals surface area contributed by atoms with Gasteiger partial charge in [-0.1, -0.05) is 12.1 Å². The van der Waals surface area contributed by atoms with Crippen molar-refractivity contribution in [3.63, 3.8) is 0 Å². The zero-order valence-electron chi connectivity index (χ0n) is 10.3. The lowest BCUT2D eigenvalue weighted by Crippen LogP contribution is -2.06. The Balaban J connectivity index is 1.83. The van der Waals surface area contributed by atoms with Crippen molar-refractivity contribution >= 4 is 27.2 Å². The van der Waals surface area contributed by atoms with Crippen LogP contribution in [0.25, 0.3) is 10.2 Å². The Morgan fingerprint density at radius 3 is 2.79 bits per heavy atom. The van der Waals surface area contributed by atoms with Crippen LogP contribution in [0, 0.1) is 5.95 Å². The first-order valence-electron chi connectivity index (χ1n) is 5.96. The summed E-state index contributed by atoms with van der Waals surface area (Å²) in [6.45, 7) is 2.03. The highest BCUT2D eigenvalue weighted by atomic mass is 32.1. The molecule has 5 heteroatoms. The minimum atomic E-state index is -0.474. The summed E-state index contributed by atoms with van der Waals surface area (Å²) in [6.07, 6.45) is 1.49. The number of nitrogens with one attached hydrogen (secondary N) is 1. The lowest BCUT2D eigenvalue weighted by atomic mass is 10.3. The predicted octanol–water partition coefficient (Wildman–Crippen LogP) is 4.00. The van der Waals surface area contributed by atoms with Crippen molar-refractivity contribution in [2.75, 3.05) is 5.32 Å². The van der Waals surface area contributed by atoms with Crippen molar-refractivity contribution < 1.29 is 4.39 Å². The molecule has 1 N–H and O–H groups in total. The summed E-state index contributed by atoms with van der Waals surface area (Å²) in [5, 5.41) is 4.27. The molecule has 0 aliphatic carbocycles. The van der Waals surface area contributed by atoms with Gasteiger partial charge in [0.25, 0.3) is 0 Å². The molecule has 0 aliphatic heterocycles. The number of halogens is 1. The van der Waals surface area contributed by atoms with Gasteiger partial charge < -0.3 is 5.32 Å². The number of pyridine rings is 1. The van der Waals surface area contributed by atoms with E-state index in [2.05, 4.69) is 21.4 Å². The van der Waals surface area contributed by atoms with E-state index < -0.39 is 5.95 Å². The van der Waals surface area contributed by atoms with Gasteiger partial charge >= 0.3 is 0 Å². The third-order valence-corrected chi connectivity index (χ3v) is 4.01. The van der Waals surface area contributed by atoms with Gasteiger partial charge in [0.2, 0.25) is 5.95 Å². The van der Waals surface area contributed by atoms with Gasteiger partial charge in [-0.15, -0.1) is 11.3 Å². The first kappa shape index (κ1) is 12.0. The van der Waals surface area contributed by atoms with E-state index in [4.69, 9.17) is 0 Å². The molecule has 3 rings (SSSR count). The van der Waals surface area contributed by atoms with Crippen molar-refractivity contribution in [1.82, 2.24) is 9.97 Å². The Kier molecular flexibility index (Phi) is 3.13. The van der Waals surface area contributed by atoms with Crippen LogP contribution in [-0.4, -0.2) is 9.97 Å². The fourth-order valence-electron chi connectivity index (χ4n) is 1.85. The SMILES string of the molecule is CC(Nc1ccc(F)nc1)c1nc2ccccc2s1. The van der Waals surface area contributed by atoms with E-state index in [0.29, 0.717) is 0 Å². The van der Waals surface area contributed by atoms with E-state index in [9.17, 15) is 4.39 Å². The fourth-order valence-corrected chi connectivity index (χ4v) is 2.82. The molecule has 0 spiro atoms. The Hall–Kier alpha value is -2.01. The zero-order chi connectivity index (χ0) is 13.2. The molecule has 0 amide bonds. The van der Waals surface area contributed by atoms with E-state index in [-0.39, 0.29) is 6.04 Å². The van der Waals surface area contributed by atoms with Crippen LogP contribution in [0.5, 0.6) is 0 Å². The summed E-state index contributed by atoms with van der Waals surface area (Å²) in [7, 11) is 0. The number of rotatable bonds is 3. The van der Waals surface area contributed by atoms with Crippen molar-refractivity contribution in [1.29, 1.82) is 0 Å². The molecule has 3 nitrogen and oxygen atoms in total. The molecule has 1 atom stereocenters. The minimum absolute atomic E-state index is 0.0599. The van der Waals surface area contributed by atoms with Gasteiger partial charge in [0.15, 0.2) is 0 Å². The fraction of sp³-hybridized carbons (Fsp3) is 0.143. The quantitative estimate of drug-likeness (QED) is 0.733. The highest BCUT2D eigenvalue weighted by Gasteiger charge is 2.11. The van der Waals surface area contributed by atoms with E-state index in [1.807, 2.05) is 25.1 Å². The van der Waals surface area contributed by atoms with Gasteiger partial charge in [-0.05, 0) is 31.2 Å². The third kappa shape index (κ3) is 2.56. The van der Waals surface area contributed by atoms with Gasteiger partial charge in [0.05, 0.1) is 28.1 Å². The predicted molar refractivity (Wildman–Crippen MR) is 75.9 cm³/mol. The van der Waals surface area contributed by atoms with E-state index in [1.165, 1.54) is 17.0 Å². The normalized spacial score (nSPS) is 12.5. The molecule has 0 saturated carbocycles. The number of nitrogens with zero attached hydrogens (tertiary/aromatic N) is 2. The molecular weight excluding hydrogens is 261 g/mol. The van der Waals surface area contributed by atoms with E-state index >= 15 is 0 Å². The number of anilines is 1. The number of fused-ring (bicyclic) bond motifs is 1. The lowest BCUT2D eigenvalue weighted by molar-refractivity contribution is 0.584. The highest BCUT2D eigenvalue weighted by Crippen LogP contribution is 2.27. The van der Waals surface area contributed by atoms with Crippen LogP contribution < -0.4 is 5.32 Å². The molecule has 1 unspecified atom stereocenters. The number of thiazole rings is 1. The maximum absolute atomic E-state index is 12.7. The maximum atomic E-state index is 12.7. The Bertz CT molecular complexity index is 660. The van der Waals surface area contributed by atoms with Crippen molar-refractivity contribution in [2.24, 2.45) is 0 Å². The summed E-state index contributed by atoms with van der Waals surface area (Å²) >= 11 is 1.66. The van der Waals surface area contributed by atoms with Crippen LogP contribution in [0.3, 0.4) is 0 Å². The standard InChI is InChI=1S/C14H12FN3S/c1-9(17-10-6-7-13(15)16-8-10)14-18-11-4-2-3-5-12(11)19-14/h2-9,17H,1H3. The highest BCUT2D eigenvalue weighted by molar-refractivity contribution is 7.18. The molecule has 2 heterocycles. The molecule has 0 radical (unpaired) electrons. The van der Waals surface area contributed by atoms with Gasteiger partial charge in [-0.3, -0.25) is 0 Å². The monoisotopic (exact) mass is 273 g/mol. The second kappa shape index (κ2) is 4.93. The number of hydrogen-bond acceptors (Lipinski definition) is 4. The molecule has 19 heavy (non-hydrogen) atoms. The molecule has 0 fully saturated rings.